The van der Waals surface area contributed by atoms with Gasteiger partial charge >= 0.3 is 0 Å². The molecule has 0 aliphatic rings. The zero-order valence-corrected chi connectivity index (χ0v) is 14.1. The van der Waals surface area contributed by atoms with Crippen molar-refractivity contribution in [1.29, 1.82) is 0 Å². The molecule has 2 heterocycles. The molecule has 3 rings (SSSR count). The minimum atomic E-state index is -0.0821. The zero-order valence-electron chi connectivity index (χ0n) is 12.5. The van der Waals surface area contributed by atoms with E-state index in [1.54, 1.807) is 17.5 Å². The van der Waals surface area contributed by atoms with Crippen LogP contribution >= 0.6 is 22.9 Å². The standard InChI is InChI=1S/C17H16ClN3OS/c1-2-9-20(11-14-7-8-16(18)23-14)12-21-17(22)15-6-4-3-5-13(15)10-19-21/h2-8,10H,1,9,11-12H2. The molecule has 4 nitrogen and oxygen atoms in total. The molecule has 0 amide bonds. The van der Waals surface area contributed by atoms with Crippen molar-refractivity contribution in [2.45, 2.75) is 13.2 Å². The summed E-state index contributed by atoms with van der Waals surface area (Å²) in [6.07, 6.45) is 3.55. The van der Waals surface area contributed by atoms with E-state index in [1.165, 1.54) is 4.68 Å². The normalized spacial score (nSPS) is 11.2. The molecule has 6 heteroatoms. The maximum absolute atomic E-state index is 12.6. The van der Waals surface area contributed by atoms with E-state index in [1.807, 2.05) is 42.5 Å². The van der Waals surface area contributed by atoms with Gasteiger partial charge in [-0.2, -0.15) is 5.10 Å². The fourth-order valence-corrected chi connectivity index (χ4v) is 3.56. The van der Waals surface area contributed by atoms with Crippen LogP contribution in [0.3, 0.4) is 0 Å². The van der Waals surface area contributed by atoms with E-state index in [-0.39, 0.29) is 5.56 Å². The van der Waals surface area contributed by atoms with Crippen LogP contribution < -0.4 is 5.56 Å². The number of thiophene rings is 1. The summed E-state index contributed by atoms with van der Waals surface area (Å²) in [5.74, 6) is 0. The third-order valence-corrected chi connectivity index (χ3v) is 4.71. The van der Waals surface area contributed by atoms with Crippen molar-refractivity contribution in [1.82, 2.24) is 14.7 Å². The first-order chi connectivity index (χ1) is 11.2. The molecule has 0 bridgehead atoms. The Kier molecular flexibility index (Phi) is 4.91. The van der Waals surface area contributed by atoms with Crippen LogP contribution in [0.1, 0.15) is 4.88 Å². The molecule has 0 saturated heterocycles. The van der Waals surface area contributed by atoms with Gasteiger partial charge in [-0.05, 0) is 18.2 Å². The van der Waals surface area contributed by atoms with Crippen LogP contribution in [0.4, 0.5) is 0 Å². The molecule has 2 aromatic heterocycles. The predicted octanol–water partition coefficient (Wildman–Crippen LogP) is 3.76. The lowest BCUT2D eigenvalue weighted by Gasteiger charge is -2.20. The zero-order chi connectivity index (χ0) is 16.2. The summed E-state index contributed by atoms with van der Waals surface area (Å²) in [6.45, 7) is 5.56. The Bertz CT molecular complexity index is 887. The van der Waals surface area contributed by atoms with E-state index in [9.17, 15) is 4.79 Å². The van der Waals surface area contributed by atoms with Gasteiger partial charge in [0.15, 0.2) is 0 Å². The number of benzene rings is 1. The average molecular weight is 346 g/mol. The molecule has 0 radical (unpaired) electrons. The lowest BCUT2D eigenvalue weighted by Crippen LogP contribution is -2.33. The monoisotopic (exact) mass is 345 g/mol. The van der Waals surface area contributed by atoms with Gasteiger partial charge in [0.25, 0.3) is 5.56 Å². The number of fused-ring (bicyclic) bond motifs is 1. The van der Waals surface area contributed by atoms with Crippen molar-refractivity contribution in [2.24, 2.45) is 0 Å². The Balaban J connectivity index is 1.86. The Labute approximate surface area is 143 Å². The van der Waals surface area contributed by atoms with Gasteiger partial charge in [0, 0.05) is 23.4 Å². The third kappa shape index (κ3) is 3.69. The summed E-state index contributed by atoms with van der Waals surface area (Å²) in [6, 6.07) is 11.4. The highest BCUT2D eigenvalue weighted by atomic mass is 35.5. The van der Waals surface area contributed by atoms with E-state index in [2.05, 4.69) is 16.6 Å². The minimum absolute atomic E-state index is 0.0821. The highest BCUT2D eigenvalue weighted by Crippen LogP contribution is 2.22. The molecule has 1 aromatic carbocycles. The van der Waals surface area contributed by atoms with Crippen molar-refractivity contribution in [2.75, 3.05) is 6.54 Å². The number of nitrogens with zero attached hydrogens (tertiary/aromatic N) is 3. The van der Waals surface area contributed by atoms with Gasteiger partial charge in [-0.1, -0.05) is 35.9 Å². The first-order valence-corrected chi connectivity index (χ1v) is 8.39. The molecular weight excluding hydrogens is 330 g/mol. The predicted molar refractivity (Wildman–Crippen MR) is 95.9 cm³/mol. The van der Waals surface area contributed by atoms with Crippen LogP contribution in [0.2, 0.25) is 4.34 Å². The van der Waals surface area contributed by atoms with Crippen molar-refractivity contribution in [3.63, 3.8) is 0 Å². The highest BCUT2D eigenvalue weighted by molar-refractivity contribution is 7.16. The largest absolute Gasteiger partial charge is 0.275 e. The quantitative estimate of drug-likeness (QED) is 0.638. The van der Waals surface area contributed by atoms with Crippen LogP contribution in [0.15, 0.2) is 60.0 Å². The third-order valence-electron chi connectivity index (χ3n) is 3.49. The van der Waals surface area contributed by atoms with Crippen molar-refractivity contribution >= 4 is 33.7 Å². The van der Waals surface area contributed by atoms with Crippen LogP contribution in [0, 0.1) is 0 Å². The highest BCUT2D eigenvalue weighted by Gasteiger charge is 2.10. The molecule has 118 valence electrons. The van der Waals surface area contributed by atoms with Gasteiger partial charge in [0.1, 0.15) is 0 Å². The maximum atomic E-state index is 12.6. The van der Waals surface area contributed by atoms with E-state index in [0.717, 1.165) is 14.6 Å². The van der Waals surface area contributed by atoms with Crippen molar-refractivity contribution in [3.05, 3.63) is 74.8 Å². The van der Waals surface area contributed by atoms with Gasteiger partial charge in [-0.15, -0.1) is 17.9 Å². The number of hydrogen-bond acceptors (Lipinski definition) is 4. The second-order valence-electron chi connectivity index (χ2n) is 5.18. The summed E-state index contributed by atoms with van der Waals surface area (Å²) in [5.41, 5.74) is -0.0821. The number of rotatable bonds is 6. The molecular formula is C17H16ClN3OS. The van der Waals surface area contributed by atoms with Crippen LogP contribution in [-0.4, -0.2) is 21.2 Å². The fourth-order valence-electron chi connectivity index (χ4n) is 2.43. The summed E-state index contributed by atoms with van der Waals surface area (Å²) in [7, 11) is 0. The summed E-state index contributed by atoms with van der Waals surface area (Å²) in [5, 5.41) is 5.82. The van der Waals surface area contributed by atoms with Crippen LogP contribution in [-0.2, 0) is 13.2 Å². The fraction of sp³-hybridized carbons (Fsp3) is 0.176. The molecule has 0 atom stereocenters. The second-order valence-corrected chi connectivity index (χ2v) is 6.98. The molecule has 0 saturated carbocycles. The first-order valence-electron chi connectivity index (χ1n) is 7.19. The SMILES string of the molecule is C=CCN(Cc1ccc(Cl)s1)Cn1ncc2ccccc2c1=O. The van der Waals surface area contributed by atoms with Gasteiger partial charge in [-0.3, -0.25) is 9.69 Å². The molecule has 0 aliphatic carbocycles. The van der Waals surface area contributed by atoms with Gasteiger partial charge in [-0.25, -0.2) is 4.68 Å². The molecule has 0 fully saturated rings. The van der Waals surface area contributed by atoms with E-state index >= 15 is 0 Å². The van der Waals surface area contributed by atoms with Gasteiger partial charge in [0.2, 0.25) is 0 Å². The van der Waals surface area contributed by atoms with Gasteiger partial charge < -0.3 is 0 Å². The first kappa shape index (κ1) is 15.9. The smallest absolute Gasteiger partial charge is 0.275 e. The number of halogens is 1. The van der Waals surface area contributed by atoms with Crippen molar-refractivity contribution < 1.29 is 0 Å². The molecule has 23 heavy (non-hydrogen) atoms. The summed E-state index contributed by atoms with van der Waals surface area (Å²) in [4.78, 5) is 15.8. The second kappa shape index (κ2) is 7.08. The van der Waals surface area contributed by atoms with E-state index in [0.29, 0.717) is 25.1 Å². The molecule has 0 spiro atoms. The Morgan fingerprint density at radius 1 is 1.30 bits per heavy atom. The summed E-state index contributed by atoms with van der Waals surface area (Å²) < 4.78 is 2.25. The molecule has 3 aromatic rings. The van der Waals surface area contributed by atoms with Crippen LogP contribution in [0.5, 0.6) is 0 Å². The minimum Gasteiger partial charge on any atom is -0.275 e. The lowest BCUT2D eigenvalue weighted by atomic mass is 10.2. The van der Waals surface area contributed by atoms with Crippen LogP contribution in [0.25, 0.3) is 10.8 Å². The van der Waals surface area contributed by atoms with E-state index < -0.39 is 0 Å². The molecule has 0 unspecified atom stereocenters. The number of hydrogen-bond donors (Lipinski definition) is 0. The topological polar surface area (TPSA) is 38.1 Å². The maximum Gasteiger partial charge on any atom is 0.275 e. The Morgan fingerprint density at radius 3 is 2.87 bits per heavy atom. The average Bonchev–Trinajstić information content (AvgIpc) is 2.95. The van der Waals surface area contributed by atoms with E-state index in [4.69, 9.17) is 11.6 Å². The molecule has 0 aliphatic heterocycles. The van der Waals surface area contributed by atoms with Crippen molar-refractivity contribution in [3.8, 4) is 0 Å². The molecule has 0 N–H and O–H groups in total. The summed E-state index contributed by atoms with van der Waals surface area (Å²) >= 11 is 7.52. The Morgan fingerprint density at radius 2 is 2.13 bits per heavy atom. The number of aromatic nitrogens is 2. The lowest BCUT2D eigenvalue weighted by molar-refractivity contribution is 0.218. The van der Waals surface area contributed by atoms with Gasteiger partial charge in [0.05, 0.1) is 22.6 Å². The Hall–Kier alpha value is -1.95.